The Hall–Kier alpha value is -3.48. The van der Waals surface area contributed by atoms with Crippen LogP contribution in [-0.2, 0) is 7.05 Å². The maximum absolute atomic E-state index is 12.4. The molecule has 2 aromatic heterocycles. The lowest BCUT2D eigenvalue weighted by Crippen LogP contribution is -2.30. The Labute approximate surface area is 136 Å². The van der Waals surface area contributed by atoms with Crippen molar-refractivity contribution < 1.29 is 9.90 Å². The summed E-state index contributed by atoms with van der Waals surface area (Å²) in [7, 11) is 1.54. The maximum atomic E-state index is 12.4. The average molecular weight is 322 g/mol. The zero-order valence-electron chi connectivity index (χ0n) is 12.8. The average Bonchev–Trinajstić information content (AvgIpc) is 2.61. The van der Waals surface area contributed by atoms with E-state index in [1.54, 1.807) is 48.7 Å². The van der Waals surface area contributed by atoms with Crippen molar-refractivity contribution in [1.82, 2.24) is 15.0 Å². The quantitative estimate of drug-likeness (QED) is 0.563. The fourth-order valence-corrected chi connectivity index (χ4v) is 2.35. The van der Waals surface area contributed by atoms with E-state index in [2.05, 4.69) is 15.5 Å². The molecule has 0 bridgehead atoms. The number of para-hydroxylation sites is 1. The molecule has 7 nitrogen and oxygen atoms in total. The number of aromatic nitrogens is 2. The number of amides is 1. The van der Waals surface area contributed by atoms with Crippen molar-refractivity contribution in [2.75, 3.05) is 0 Å². The SMILES string of the molecule is Cn1c(=O)c(C(=O)NN=Cc2ccccn2)c(O)c2ccccc21. The van der Waals surface area contributed by atoms with Crippen molar-refractivity contribution in [3.05, 3.63) is 70.3 Å². The summed E-state index contributed by atoms with van der Waals surface area (Å²) in [5.74, 6) is -1.15. The third kappa shape index (κ3) is 2.74. The first-order valence-corrected chi connectivity index (χ1v) is 7.14. The molecular formula is C17H14N4O3. The second-order valence-electron chi connectivity index (χ2n) is 5.06. The van der Waals surface area contributed by atoms with Crippen LogP contribution in [0.15, 0.2) is 58.6 Å². The molecule has 120 valence electrons. The summed E-state index contributed by atoms with van der Waals surface area (Å²) < 4.78 is 1.31. The molecule has 0 radical (unpaired) electrons. The van der Waals surface area contributed by atoms with E-state index < -0.39 is 11.5 Å². The number of hydrogen-bond acceptors (Lipinski definition) is 5. The number of carbonyl (C=O) groups excluding carboxylic acids is 1. The van der Waals surface area contributed by atoms with Crippen molar-refractivity contribution in [1.29, 1.82) is 0 Å². The van der Waals surface area contributed by atoms with Crippen molar-refractivity contribution in [2.45, 2.75) is 0 Å². The second kappa shape index (κ2) is 6.33. The summed E-state index contributed by atoms with van der Waals surface area (Å²) in [6.45, 7) is 0. The maximum Gasteiger partial charge on any atom is 0.280 e. The molecule has 0 saturated carbocycles. The van der Waals surface area contributed by atoms with Crippen LogP contribution in [0.2, 0.25) is 0 Å². The molecule has 0 atom stereocenters. The van der Waals surface area contributed by atoms with Crippen LogP contribution in [0, 0.1) is 0 Å². The van der Waals surface area contributed by atoms with Crippen molar-refractivity contribution in [3.63, 3.8) is 0 Å². The lowest BCUT2D eigenvalue weighted by atomic mass is 10.1. The summed E-state index contributed by atoms with van der Waals surface area (Å²) in [5.41, 5.74) is 2.37. The predicted molar refractivity (Wildman–Crippen MR) is 90.2 cm³/mol. The fourth-order valence-electron chi connectivity index (χ4n) is 2.35. The lowest BCUT2D eigenvalue weighted by Gasteiger charge is -2.10. The van der Waals surface area contributed by atoms with Crippen LogP contribution in [0.5, 0.6) is 5.75 Å². The van der Waals surface area contributed by atoms with E-state index in [9.17, 15) is 14.7 Å². The molecule has 3 aromatic rings. The van der Waals surface area contributed by atoms with Crippen LogP contribution < -0.4 is 11.0 Å². The topological polar surface area (TPSA) is 96.6 Å². The van der Waals surface area contributed by atoms with E-state index in [-0.39, 0.29) is 11.3 Å². The van der Waals surface area contributed by atoms with Crippen LogP contribution in [-0.4, -0.2) is 26.8 Å². The lowest BCUT2D eigenvalue weighted by molar-refractivity contribution is 0.0950. The van der Waals surface area contributed by atoms with Crippen LogP contribution in [0.4, 0.5) is 0 Å². The third-order valence-electron chi connectivity index (χ3n) is 3.55. The zero-order valence-corrected chi connectivity index (χ0v) is 12.8. The minimum absolute atomic E-state index is 0.352. The Kier molecular flexibility index (Phi) is 4.07. The largest absolute Gasteiger partial charge is 0.506 e. The van der Waals surface area contributed by atoms with Crippen LogP contribution in [0.3, 0.4) is 0 Å². The van der Waals surface area contributed by atoms with Crippen LogP contribution in [0.25, 0.3) is 10.9 Å². The molecule has 0 aliphatic carbocycles. The number of benzene rings is 1. The van der Waals surface area contributed by atoms with Crippen molar-refractivity contribution >= 4 is 23.0 Å². The summed E-state index contributed by atoms with van der Waals surface area (Å²) in [6, 6.07) is 12.0. The minimum Gasteiger partial charge on any atom is -0.506 e. The predicted octanol–water partition coefficient (Wildman–Crippen LogP) is 1.40. The first-order valence-electron chi connectivity index (χ1n) is 7.14. The molecule has 0 aliphatic heterocycles. The first-order chi connectivity index (χ1) is 11.6. The van der Waals surface area contributed by atoms with Gasteiger partial charge in [-0.25, -0.2) is 5.43 Å². The van der Waals surface area contributed by atoms with Gasteiger partial charge in [0.1, 0.15) is 11.3 Å². The van der Waals surface area contributed by atoms with E-state index in [1.807, 2.05) is 0 Å². The number of rotatable bonds is 3. The number of carbonyl (C=O) groups is 1. The van der Waals surface area contributed by atoms with E-state index >= 15 is 0 Å². The first kappa shape index (κ1) is 15.4. The number of hydrogen-bond donors (Lipinski definition) is 2. The van der Waals surface area contributed by atoms with E-state index in [1.165, 1.54) is 17.8 Å². The second-order valence-corrected chi connectivity index (χ2v) is 5.06. The Morgan fingerprint density at radius 2 is 2.00 bits per heavy atom. The molecule has 2 heterocycles. The van der Waals surface area contributed by atoms with Gasteiger partial charge < -0.3 is 9.67 Å². The number of aryl methyl sites for hydroxylation is 1. The van der Waals surface area contributed by atoms with Crippen LogP contribution in [0.1, 0.15) is 16.1 Å². The molecular weight excluding hydrogens is 308 g/mol. The highest BCUT2D eigenvalue weighted by atomic mass is 16.3. The molecule has 2 N–H and O–H groups in total. The van der Waals surface area contributed by atoms with E-state index in [0.29, 0.717) is 16.6 Å². The van der Waals surface area contributed by atoms with Crippen molar-refractivity contribution in [2.24, 2.45) is 12.1 Å². The van der Waals surface area contributed by atoms with Gasteiger partial charge in [0.25, 0.3) is 11.5 Å². The number of aromatic hydroxyl groups is 1. The third-order valence-corrected chi connectivity index (χ3v) is 3.55. The molecule has 3 rings (SSSR count). The van der Waals surface area contributed by atoms with Crippen LogP contribution >= 0.6 is 0 Å². The van der Waals surface area contributed by atoms with Gasteiger partial charge in [0.15, 0.2) is 0 Å². The normalized spacial score (nSPS) is 11.0. The van der Waals surface area contributed by atoms with Gasteiger partial charge in [0.05, 0.1) is 17.4 Å². The molecule has 1 aromatic carbocycles. The van der Waals surface area contributed by atoms with Gasteiger partial charge in [-0.15, -0.1) is 0 Å². The molecule has 0 fully saturated rings. The van der Waals surface area contributed by atoms with Gasteiger partial charge in [-0.2, -0.15) is 5.10 Å². The van der Waals surface area contributed by atoms with Crippen molar-refractivity contribution in [3.8, 4) is 5.75 Å². The smallest absolute Gasteiger partial charge is 0.280 e. The van der Waals surface area contributed by atoms with Gasteiger partial charge in [-0.3, -0.25) is 14.6 Å². The van der Waals surface area contributed by atoms with Gasteiger partial charge in [-0.1, -0.05) is 18.2 Å². The Morgan fingerprint density at radius 3 is 2.75 bits per heavy atom. The monoisotopic (exact) mass is 322 g/mol. The zero-order chi connectivity index (χ0) is 17.1. The molecule has 7 heteroatoms. The summed E-state index contributed by atoms with van der Waals surface area (Å²) in [6.07, 6.45) is 2.94. The number of pyridine rings is 2. The molecule has 0 unspecified atom stereocenters. The van der Waals surface area contributed by atoms with Gasteiger partial charge >= 0.3 is 0 Å². The molecule has 24 heavy (non-hydrogen) atoms. The summed E-state index contributed by atoms with van der Waals surface area (Å²) in [4.78, 5) is 28.6. The Bertz CT molecular complexity index is 994. The minimum atomic E-state index is -0.786. The van der Waals surface area contributed by atoms with E-state index in [0.717, 1.165) is 0 Å². The Balaban J connectivity index is 1.96. The van der Waals surface area contributed by atoms with E-state index in [4.69, 9.17) is 0 Å². The summed E-state index contributed by atoms with van der Waals surface area (Å²) in [5, 5.41) is 14.5. The summed E-state index contributed by atoms with van der Waals surface area (Å²) >= 11 is 0. The van der Waals surface area contributed by atoms with Gasteiger partial charge in [-0.05, 0) is 24.3 Å². The van der Waals surface area contributed by atoms with Gasteiger partial charge in [0.2, 0.25) is 0 Å². The van der Waals surface area contributed by atoms with Gasteiger partial charge in [0, 0.05) is 18.6 Å². The Morgan fingerprint density at radius 1 is 1.25 bits per heavy atom. The highest BCUT2D eigenvalue weighted by Gasteiger charge is 2.20. The molecule has 0 aliphatic rings. The number of fused-ring (bicyclic) bond motifs is 1. The standard InChI is InChI=1S/C17H14N4O3/c1-21-13-8-3-2-7-12(13)15(22)14(17(21)24)16(23)20-19-10-11-6-4-5-9-18-11/h2-10,22H,1H3,(H,20,23). The molecule has 1 amide bonds. The fraction of sp³-hybridized carbons (Fsp3) is 0.0588. The number of nitrogens with zero attached hydrogens (tertiary/aromatic N) is 3. The highest BCUT2D eigenvalue weighted by Crippen LogP contribution is 2.25. The molecule has 0 spiro atoms. The molecule has 0 saturated heterocycles. The highest BCUT2D eigenvalue weighted by molar-refractivity contribution is 6.02. The number of nitrogens with one attached hydrogen (secondary N) is 1. The number of hydrazone groups is 1.